The third kappa shape index (κ3) is 3.07. The van der Waals surface area contributed by atoms with Crippen LogP contribution in [0.4, 0.5) is 0 Å². The zero-order chi connectivity index (χ0) is 18.1. The summed E-state index contributed by atoms with van der Waals surface area (Å²) in [5, 5.41) is 10.4. The molecular weight excluding hydrogens is 350 g/mol. The fourth-order valence-electron chi connectivity index (χ4n) is 3.22. The fourth-order valence-corrected chi connectivity index (χ4v) is 4.61. The lowest BCUT2D eigenvalue weighted by atomic mass is 10.0. The van der Waals surface area contributed by atoms with Crippen molar-refractivity contribution in [3.05, 3.63) is 89.4 Å². The second-order valence-corrected chi connectivity index (χ2v) is 8.28. The zero-order valence-electron chi connectivity index (χ0n) is 14.1. The van der Waals surface area contributed by atoms with Crippen LogP contribution in [0.2, 0.25) is 0 Å². The van der Waals surface area contributed by atoms with Gasteiger partial charge in [-0.1, -0.05) is 42.5 Å². The smallest absolute Gasteiger partial charge is 0.243 e. The molecule has 134 valence electrons. The van der Waals surface area contributed by atoms with Crippen LogP contribution in [-0.4, -0.2) is 24.4 Å². The molecule has 1 unspecified atom stereocenters. The van der Waals surface area contributed by atoms with Crippen LogP contribution in [-0.2, 0) is 23.0 Å². The minimum absolute atomic E-state index is 0.219. The number of nitrogens with zero attached hydrogens (tertiary/aromatic N) is 1. The van der Waals surface area contributed by atoms with Gasteiger partial charge in [-0.15, -0.1) is 0 Å². The van der Waals surface area contributed by atoms with Crippen molar-refractivity contribution in [3.8, 4) is 0 Å². The summed E-state index contributed by atoms with van der Waals surface area (Å²) in [7, 11) is -3.60. The van der Waals surface area contributed by atoms with E-state index in [4.69, 9.17) is 4.42 Å². The SMILES string of the molecule is O=S(=O)(c1ccc(C(O)c2ccccc2)cc1)N1CCc2ccoc2C1. The summed E-state index contributed by atoms with van der Waals surface area (Å²) in [5.41, 5.74) is 2.49. The van der Waals surface area contributed by atoms with Crippen molar-refractivity contribution >= 4 is 10.0 Å². The van der Waals surface area contributed by atoms with Crippen molar-refractivity contribution in [2.45, 2.75) is 24.0 Å². The van der Waals surface area contributed by atoms with Crippen LogP contribution in [0.3, 0.4) is 0 Å². The summed E-state index contributed by atoms with van der Waals surface area (Å²) in [6, 6.07) is 17.6. The Kier molecular flexibility index (Phi) is 4.40. The molecule has 1 aliphatic rings. The maximum atomic E-state index is 12.9. The predicted octanol–water partition coefficient (Wildman–Crippen LogP) is 3.11. The summed E-state index contributed by atoms with van der Waals surface area (Å²) >= 11 is 0. The van der Waals surface area contributed by atoms with Crippen molar-refractivity contribution in [2.75, 3.05) is 6.54 Å². The first-order valence-electron chi connectivity index (χ1n) is 8.44. The average Bonchev–Trinajstić information content (AvgIpc) is 3.16. The maximum Gasteiger partial charge on any atom is 0.243 e. The molecule has 0 saturated carbocycles. The topological polar surface area (TPSA) is 70.8 Å². The first kappa shape index (κ1) is 17.0. The van der Waals surface area contributed by atoms with Crippen molar-refractivity contribution in [1.29, 1.82) is 0 Å². The normalized spacial score (nSPS) is 16.2. The summed E-state index contributed by atoms with van der Waals surface area (Å²) < 4.78 is 32.6. The number of benzene rings is 2. The number of fused-ring (bicyclic) bond motifs is 1. The van der Waals surface area contributed by atoms with Crippen molar-refractivity contribution in [1.82, 2.24) is 4.31 Å². The lowest BCUT2D eigenvalue weighted by molar-refractivity contribution is 0.220. The van der Waals surface area contributed by atoms with E-state index >= 15 is 0 Å². The second kappa shape index (κ2) is 6.72. The van der Waals surface area contributed by atoms with Gasteiger partial charge in [-0.3, -0.25) is 0 Å². The van der Waals surface area contributed by atoms with Crippen LogP contribution < -0.4 is 0 Å². The second-order valence-electron chi connectivity index (χ2n) is 6.34. The van der Waals surface area contributed by atoms with Crippen molar-refractivity contribution < 1.29 is 17.9 Å². The van der Waals surface area contributed by atoms with E-state index in [0.29, 0.717) is 24.3 Å². The largest absolute Gasteiger partial charge is 0.468 e. The molecule has 0 aliphatic carbocycles. The number of sulfonamides is 1. The minimum Gasteiger partial charge on any atom is -0.468 e. The van der Waals surface area contributed by atoms with Crippen LogP contribution in [0.1, 0.15) is 28.6 Å². The Labute approximate surface area is 152 Å². The first-order chi connectivity index (χ1) is 12.6. The van der Waals surface area contributed by atoms with Crippen LogP contribution in [0, 0.1) is 0 Å². The van der Waals surface area contributed by atoms with Gasteiger partial charge in [0.05, 0.1) is 17.7 Å². The van der Waals surface area contributed by atoms with E-state index in [1.807, 2.05) is 36.4 Å². The van der Waals surface area contributed by atoms with E-state index in [1.165, 1.54) is 4.31 Å². The van der Waals surface area contributed by atoms with E-state index in [2.05, 4.69) is 0 Å². The molecule has 26 heavy (non-hydrogen) atoms. The van der Waals surface area contributed by atoms with Gasteiger partial charge < -0.3 is 9.52 Å². The molecule has 1 aromatic heterocycles. The predicted molar refractivity (Wildman–Crippen MR) is 97.0 cm³/mol. The van der Waals surface area contributed by atoms with E-state index in [1.54, 1.807) is 30.5 Å². The standard InChI is InChI=1S/C20H19NO4S/c22-20(16-4-2-1-3-5-16)17-6-8-18(9-7-17)26(23,24)21-12-10-15-11-13-25-19(15)14-21/h1-9,11,13,20,22H,10,12,14H2. The molecule has 3 aromatic rings. The van der Waals surface area contributed by atoms with Crippen LogP contribution in [0.25, 0.3) is 0 Å². The van der Waals surface area contributed by atoms with Gasteiger partial charge in [0.1, 0.15) is 11.9 Å². The molecule has 0 bridgehead atoms. The average molecular weight is 369 g/mol. The number of aliphatic hydroxyl groups excluding tert-OH is 1. The molecule has 6 heteroatoms. The highest BCUT2D eigenvalue weighted by atomic mass is 32.2. The van der Waals surface area contributed by atoms with Gasteiger partial charge >= 0.3 is 0 Å². The quantitative estimate of drug-likeness (QED) is 0.767. The van der Waals surface area contributed by atoms with Gasteiger partial charge in [0.15, 0.2) is 0 Å². The Balaban J connectivity index is 1.56. The van der Waals surface area contributed by atoms with Gasteiger partial charge in [-0.25, -0.2) is 8.42 Å². The van der Waals surface area contributed by atoms with Gasteiger partial charge in [0.25, 0.3) is 0 Å². The van der Waals surface area contributed by atoms with E-state index in [-0.39, 0.29) is 11.4 Å². The molecule has 2 heterocycles. The summed E-state index contributed by atoms with van der Waals surface area (Å²) in [5.74, 6) is 0.705. The molecule has 5 nitrogen and oxygen atoms in total. The number of rotatable bonds is 4. The highest BCUT2D eigenvalue weighted by Gasteiger charge is 2.29. The lowest BCUT2D eigenvalue weighted by Gasteiger charge is -2.25. The Bertz CT molecular complexity index is 994. The van der Waals surface area contributed by atoms with Gasteiger partial charge in [-0.2, -0.15) is 4.31 Å². The van der Waals surface area contributed by atoms with Crippen LogP contribution in [0.5, 0.6) is 0 Å². The minimum atomic E-state index is -3.60. The van der Waals surface area contributed by atoms with E-state index in [9.17, 15) is 13.5 Å². The third-order valence-electron chi connectivity index (χ3n) is 4.74. The summed E-state index contributed by atoms with van der Waals surface area (Å²) in [6.07, 6.45) is 1.46. The van der Waals surface area contributed by atoms with Gasteiger partial charge in [0.2, 0.25) is 10.0 Å². The molecule has 1 aliphatic heterocycles. The summed E-state index contributed by atoms with van der Waals surface area (Å²) in [4.78, 5) is 0.219. The first-order valence-corrected chi connectivity index (χ1v) is 9.88. The fraction of sp³-hybridized carbons (Fsp3) is 0.200. The molecule has 0 radical (unpaired) electrons. The number of hydrogen-bond acceptors (Lipinski definition) is 4. The van der Waals surface area contributed by atoms with Gasteiger partial charge in [-0.05, 0) is 41.3 Å². The zero-order valence-corrected chi connectivity index (χ0v) is 14.9. The Hall–Kier alpha value is -2.41. The molecule has 0 amide bonds. The molecule has 2 aromatic carbocycles. The lowest BCUT2D eigenvalue weighted by Crippen LogP contribution is -2.35. The molecule has 0 saturated heterocycles. The number of hydrogen-bond donors (Lipinski definition) is 1. The third-order valence-corrected chi connectivity index (χ3v) is 6.60. The maximum absolute atomic E-state index is 12.9. The number of aliphatic hydroxyl groups is 1. The van der Waals surface area contributed by atoms with Crippen LogP contribution in [0.15, 0.2) is 76.2 Å². The highest BCUT2D eigenvalue weighted by molar-refractivity contribution is 7.89. The van der Waals surface area contributed by atoms with Crippen LogP contribution >= 0.6 is 0 Å². The van der Waals surface area contributed by atoms with E-state index in [0.717, 1.165) is 11.1 Å². The molecule has 0 fully saturated rings. The Morgan fingerprint density at radius 3 is 2.38 bits per heavy atom. The molecule has 4 rings (SSSR count). The molecule has 1 atom stereocenters. The Morgan fingerprint density at radius 1 is 0.962 bits per heavy atom. The van der Waals surface area contributed by atoms with Crippen molar-refractivity contribution in [3.63, 3.8) is 0 Å². The number of furan rings is 1. The molecule has 1 N–H and O–H groups in total. The summed E-state index contributed by atoms with van der Waals surface area (Å²) in [6.45, 7) is 0.683. The Morgan fingerprint density at radius 2 is 1.65 bits per heavy atom. The monoisotopic (exact) mass is 369 g/mol. The molecule has 0 spiro atoms. The highest BCUT2D eigenvalue weighted by Crippen LogP contribution is 2.27. The molecular formula is C20H19NO4S. The van der Waals surface area contributed by atoms with Crippen molar-refractivity contribution in [2.24, 2.45) is 0 Å². The van der Waals surface area contributed by atoms with Gasteiger partial charge in [0, 0.05) is 6.54 Å². The van der Waals surface area contributed by atoms with E-state index < -0.39 is 16.1 Å².